The molecule has 0 spiro atoms. The maximum Gasteiger partial charge on any atom is 0.420 e. The van der Waals surface area contributed by atoms with Gasteiger partial charge >= 0.3 is 12.3 Å². The number of carbonyl (C=O) groups is 1. The summed E-state index contributed by atoms with van der Waals surface area (Å²) in [5.41, 5.74) is -0.211. The van der Waals surface area contributed by atoms with Crippen LogP contribution in [-0.2, 0) is 10.9 Å². The number of hydrogen-bond donors (Lipinski definition) is 2. The number of amides is 1. The summed E-state index contributed by atoms with van der Waals surface area (Å²) in [6, 6.07) is 3.73. The van der Waals surface area contributed by atoms with Gasteiger partial charge in [0.05, 0.1) is 23.8 Å². The van der Waals surface area contributed by atoms with Gasteiger partial charge in [-0.25, -0.2) is 13.7 Å². The molecule has 1 saturated heterocycles. The molecule has 5 heterocycles. The summed E-state index contributed by atoms with van der Waals surface area (Å²) in [6.07, 6.45) is 0.330. The number of carbonyl (C=O) groups excluding carboxylic acids is 1. The van der Waals surface area contributed by atoms with Crippen molar-refractivity contribution in [1.82, 2.24) is 34.9 Å². The molecule has 4 aromatic rings. The van der Waals surface area contributed by atoms with Crippen LogP contribution in [-0.4, -0.2) is 71.4 Å². The van der Waals surface area contributed by atoms with Crippen LogP contribution < -0.4 is 4.74 Å². The van der Waals surface area contributed by atoms with Gasteiger partial charge in [0, 0.05) is 24.8 Å². The van der Waals surface area contributed by atoms with E-state index in [4.69, 9.17) is 9.47 Å². The minimum atomic E-state index is -4.66. The molecule has 0 bridgehead atoms. The number of nitrogens with zero attached hydrogens (tertiary/aromatic N) is 6. The zero-order chi connectivity index (χ0) is 31.4. The number of nitrogens with one attached hydrogen (secondary N) is 1. The summed E-state index contributed by atoms with van der Waals surface area (Å²) in [4.78, 5) is 17.1. The molecule has 1 aliphatic heterocycles. The van der Waals surface area contributed by atoms with E-state index >= 15 is 0 Å². The zero-order valence-corrected chi connectivity index (χ0v) is 24.2. The van der Waals surface area contributed by atoms with Crippen LogP contribution in [0.5, 0.6) is 5.75 Å². The molecule has 1 amide bonds. The third kappa shape index (κ3) is 8.18. The van der Waals surface area contributed by atoms with Crippen molar-refractivity contribution in [2.75, 3.05) is 19.7 Å². The van der Waals surface area contributed by atoms with Crippen LogP contribution in [0, 0.1) is 12.7 Å². The first-order chi connectivity index (χ1) is 20.2. The fourth-order valence-corrected chi connectivity index (χ4v) is 4.33. The average molecular weight is 608 g/mol. The molecule has 0 radical (unpaired) electrons. The smallest absolute Gasteiger partial charge is 0.420 e. The summed E-state index contributed by atoms with van der Waals surface area (Å²) in [6.45, 7) is 8.66. The lowest BCUT2D eigenvalue weighted by atomic mass is 10.1. The minimum Gasteiger partial charge on any atom is -0.488 e. The largest absolute Gasteiger partial charge is 0.488 e. The summed E-state index contributed by atoms with van der Waals surface area (Å²) in [5.74, 6) is -0.751. The average Bonchev–Trinajstić information content (AvgIpc) is 3.58. The molecule has 1 atom stereocenters. The van der Waals surface area contributed by atoms with Crippen LogP contribution in [0.15, 0.2) is 36.8 Å². The Hall–Kier alpha value is -4.27. The third-order valence-corrected chi connectivity index (χ3v) is 6.37. The highest BCUT2D eigenvalue weighted by molar-refractivity contribution is 5.73. The quantitative estimate of drug-likeness (QED) is 0.285. The Balaban J connectivity index is 0.000000273. The lowest BCUT2D eigenvalue weighted by molar-refractivity contribution is -0.136. The molecule has 43 heavy (non-hydrogen) atoms. The van der Waals surface area contributed by atoms with Crippen molar-refractivity contribution in [3.63, 3.8) is 0 Å². The van der Waals surface area contributed by atoms with Crippen LogP contribution in [0.4, 0.5) is 22.4 Å². The number of pyridine rings is 2. The van der Waals surface area contributed by atoms with Gasteiger partial charge < -0.3 is 19.5 Å². The monoisotopic (exact) mass is 607 g/mol. The number of aliphatic hydroxyl groups excluding tert-OH is 1. The van der Waals surface area contributed by atoms with Crippen LogP contribution in [0.1, 0.15) is 63.1 Å². The van der Waals surface area contributed by atoms with Crippen molar-refractivity contribution in [2.24, 2.45) is 0 Å². The molecule has 2 N–H and O–H groups in total. The molecule has 0 aromatic carbocycles. The van der Waals surface area contributed by atoms with Gasteiger partial charge in [0.25, 0.3) is 0 Å². The van der Waals surface area contributed by atoms with Crippen LogP contribution in [0.25, 0.3) is 16.8 Å². The first-order valence-electron chi connectivity index (χ1n) is 13.6. The zero-order valence-electron chi connectivity index (χ0n) is 24.2. The highest BCUT2D eigenvalue weighted by Gasteiger charge is 2.36. The number of aromatic nitrogens is 6. The maximum atomic E-state index is 13.4. The van der Waals surface area contributed by atoms with Crippen molar-refractivity contribution in [2.45, 2.75) is 64.8 Å². The van der Waals surface area contributed by atoms with E-state index in [0.717, 1.165) is 42.7 Å². The molecule has 5 rings (SSSR count). The van der Waals surface area contributed by atoms with Crippen LogP contribution >= 0.6 is 0 Å². The molecule has 1 unspecified atom stereocenters. The van der Waals surface area contributed by atoms with Gasteiger partial charge in [-0.1, -0.05) is 0 Å². The summed E-state index contributed by atoms with van der Waals surface area (Å²) in [7, 11) is 0. The lowest BCUT2D eigenvalue weighted by Gasteiger charge is -2.29. The highest BCUT2D eigenvalue weighted by atomic mass is 19.4. The van der Waals surface area contributed by atoms with Crippen LogP contribution in [0.3, 0.4) is 0 Å². The lowest BCUT2D eigenvalue weighted by Crippen LogP contribution is -2.39. The predicted molar refractivity (Wildman–Crippen MR) is 147 cm³/mol. The first-order valence-corrected chi connectivity index (χ1v) is 13.6. The number of alkyl halides is 3. The van der Waals surface area contributed by atoms with Gasteiger partial charge in [-0.3, -0.25) is 4.98 Å². The van der Waals surface area contributed by atoms with Gasteiger partial charge in [0.1, 0.15) is 46.7 Å². The van der Waals surface area contributed by atoms with E-state index in [-0.39, 0.29) is 28.7 Å². The predicted octanol–water partition coefficient (Wildman–Crippen LogP) is 5.50. The number of aryl methyl sites for hydroxylation is 1. The van der Waals surface area contributed by atoms with Gasteiger partial charge in [-0.2, -0.15) is 33.7 Å². The molecular weight excluding hydrogens is 574 g/mol. The van der Waals surface area contributed by atoms with Crippen molar-refractivity contribution in [3.8, 4) is 17.0 Å². The SMILES string of the molecule is CC(C)(C)OC(=O)N1CCCCC1.Cc1n[nH]nc1-c1cc(OCC(O)c2ccc(F)cn2)c2c(C(F)(F)F)cnn2c1. The fourth-order valence-electron chi connectivity index (χ4n) is 4.33. The number of halogens is 4. The number of hydrogen-bond acceptors (Lipinski definition) is 8. The Bertz CT molecular complexity index is 1520. The van der Waals surface area contributed by atoms with E-state index in [1.54, 1.807) is 11.8 Å². The van der Waals surface area contributed by atoms with E-state index in [9.17, 15) is 27.5 Å². The second-order valence-electron chi connectivity index (χ2n) is 11.0. The molecule has 1 fully saturated rings. The minimum absolute atomic E-state index is 0.112. The normalized spacial score (nSPS) is 14.7. The number of piperidine rings is 1. The number of rotatable bonds is 5. The topological polar surface area (TPSA) is 131 Å². The molecule has 1 aliphatic rings. The van der Waals surface area contributed by atoms with Gasteiger partial charge in [-0.05, 0) is 65.2 Å². The Morgan fingerprint density at radius 2 is 1.84 bits per heavy atom. The number of fused-ring (bicyclic) bond motifs is 1. The van der Waals surface area contributed by atoms with E-state index in [0.29, 0.717) is 23.1 Å². The Kier molecular flexibility index (Phi) is 9.52. The van der Waals surface area contributed by atoms with Gasteiger partial charge in [-0.15, -0.1) is 0 Å². The molecule has 232 valence electrons. The molecule has 0 aliphatic carbocycles. The van der Waals surface area contributed by atoms with Gasteiger partial charge in [0.2, 0.25) is 0 Å². The number of aromatic amines is 1. The second kappa shape index (κ2) is 12.9. The Labute approximate surface area is 244 Å². The number of likely N-dealkylation sites (tertiary alicyclic amines) is 1. The summed E-state index contributed by atoms with van der Waals surface area (Å²) in [5, 5.41) is 24.4. The Morgan fingerprint density at radius 3 is 2.42 bits per heavy atom. The third-order valence-electron chi connectivity index (χ3n) is 6.37. The summed E-state index contributed by atoms with van der Waals surface area (Å²) >= 11 is 0. The molecular formula is C28H33F4N7O4. The molecule has 11 nitrogen and oxygen atoms in total. The van der Waals surface area contributed by atoms with E-state index in [1.165, 1.54) is 24.8 Å². The molecule has 15 heteroatoms. The van der Waals surface area contributed by atoms with Crippen molar-refractivity contribution >= 4 is 11.6 Å². The summed E-state index contributed by atoms with van der Waals surface area (Å²) < 4.78 is 65.2. The number of H-pyrrole nitrogens is 1. The standard InChI is InChI=1S/C18H14F4N6O2.C10H19NO2/c1-9-16(26-27-25-9)10-4-15(17-12(18(20,21)22)6-24-28(17)7-10)30-8-14(29)13-3-2-11(19)5-23-13;1-10(2,3)13-9(12)11-7-5-4-6-8-11/h2-7,14,29H,8H2,1H3,(H,25,26,27);4-8H2,1-3H3. The molecule has 4 aromatic heterocycles. The highest BCUT2D eigenvalue weighted by Crippen LogP contribution is 2.38. The van der Waals surface area contributed by atoms with E-state index < -0.39 is 30.3 Å². The number of ether oxygens (including phenoxy) is 2. The van der Waals surface area contributed by atoms with Crippen molar-refractivity contribution < 1.29 is 36.9 Å². The second-order valence-corrected chi connectivity index (χ2v) is 11.0. The van der Waals surface area contributed by atoms with Crippen LogP contribution in [0.2, 0.25) is 0 Å². The molecule has 0 saturated carbocycles. The fraction of sp³-hybridized carbons (Fsp3) is 0.464. The maximum absolute atomic E-state index is 13.4. The van der Waals surface area contributed by atoms with Crippen molar-refractivity contribution in [3.05, 3.63) is 59.6 Å². The number of aliphatic hydroxyl groups is 1. The Morgan fingerprint density at radius 1 is 1.12 bits per heavy atom. The van der Waals surface area contributed by atoms with E-state index in [2.05, 4.69) is 25.5 Å². The van der Waals surface area contributed by atoms with Gasteiger partial charge in [0.15, 0.2) is 0 Å². The first kappa shape index (κ1) is 31.7. The van der Waals surface area contributed by atoms with Crippen molar-refractivity contribution in [1.29, 1.82) is 0 Å². The van der Waals surface area contributed by atoms with E-state index in [1.807, 2.05) is 20.8 Å².